The summed E-state index contributed by atoms with van der Waals surface area (Å²) >= 11 is 2.52. The van der Waals surface area contributed by atoms with Crippen LogP contribution >= 0.6 is 22.6 Å². The van der Waals surface area contributed by atoms with Crippen LogP contribution in [0.3, 0.4) is 0 Å². The Morgan fingerprint density at radius 2 is 1.77 bits per heavy atom. The average molecular weight is 292 g/mol. The minimum atomic E-state index is 0.640. The largest absolute Gasteiger partial charge is 0.0864 e. The van der Waals surface area contributed by atoms with E-state index in [1.165, 1.54) is 23.7 Å². The molecule has 76 valence electrons. The zero-order chi connectivity index (χ0) is 9.91. The normalized spacial score (nSPS) is 51.9. The molecule has 2 fully saturated rings. The molecule has 0 radical (unpaired) electrons. The number of hydrogen-bond acceptors (Lipinski definition) is 0. The quantitative estimate of drug-likeness (QED) is 0.538. The topological polar surface area (TPSA) is 0 Å². The second kappa shape index (κ2) is 2.65. The highest BCUT2D eigenvalue weighted by Crippen LogP contribution is 2.78. The molecular weight excluding hydrogens is 271 g/mol. The van der Waals surface area contributed by atoms with E-state index in [4.69, 9.17) is 0 Å². The van der Waals surface area contributed by atoms with Crippen LogP contribution in [0.5, 0.6) is 0 Å². The summed E-state index contributed by atoms with van der Waals surface area (Å²) in [5.41, 5.74) is 2.04. The van der Waals surface area contributed by atoms with E-state index in [1.807, 2.05) is 0 Å². The molecule has 3 atom stereocenters. The van der Waals surface area contributed by atoms with E-state index in [-0.39, 0.29) is 0 Å². The molecule has 13 heavy (non-hydrogen) atoms. The van der Waals surface area contributed by atoms with Gasteiger partial charge in [-0.1, -0.05) is 50.3 Å². The van der Waals surface area contributed by atoms with Crippen LogP contribution in [0.2, 0.25) is 0 Å². The second-order valence-electron chi connectivity index (χ2n) is 6.33. The molecule has 0 aliphatic heterocycles. The Balaban J connectivity index is 2.01. The molecule has 2 unspecified atom stereocenters. The first-order chi connectivity index (χ1) is 5.86. The average Bonchev–Trinajstić information content (AvgIpc) is 2.74. The van der Waals surface area contributed by atoms with Gasteiger partial charge in [-0.3, -0.25) is 0 Å². The maximum atomic E-state index is 2.52. The van der Waals surface area contributed by atoms with Crippen molar-refractivity contribution in [3.05, 3.63) is 0 Å². The van der Waals surface area contributed by atoms with Crippen LogP contribution in [0.15, 0.2) is 0 Å². The third-order valence-electron chi connectivity index (χ3n) is 5.02. The Kier molecular flexibility index (Phi) is 2.09. The molecule has 2 aliphatic rings. The van der Waals surface area contributed by atoms with E-state index >= 15 is 0 Å². The summed E-state index contributed by atoms with van der Waals surface area (Å²) in [6, 6.07) is 0. The highest BCUT2D eigenvalue weighted by atomic mass is 127. The fourth-order valence-corrected chi connectivity index (χ4v) is 4.59. The summed E-state index contributed by atoms with van der Waals surface area (Å²) in [4.78, 5) is 0. The summed E-state index contributed by atoms with van der Waals surface area (Å²) in [5, 5.41) is 0. The Morgan fingerprint density at radius 3 is 2.15 bits per heavy atom. The van der Waals surface area contributed by atoms with Crippen molar-refractivity contribution < 1.29 is 0 Å². The maximum Gasteiger partial charge on any atom is 0.0000562 e. The summed E-state index contributed by atoms with van der Waals surface area (Å²) in [6.07, 6.45) is 4.39. The Bertz CT molecular complexity index is 233. The first kappa shape index (κ1) is 10.3. The molecule has 2 rings (SSSR count). The molecule has 0 amide bonds. The highest BCUT2D eigenvalue weighted by molar-refractivity contribution is 14.1. The van der Waals surface area contributed by atoms with Crippen molar-refractivity contribution in [2.75, 3.05) is 4.43 Å². The molecule has 0 bridgehead atoms. The maximum absolute atomic E-state index is 2.52. The predicted octanol–water partition coefficient (Wildman–Crippen LogP) is 4.27. The number of hydrogen-bond donors (Lipinski definition) is 0. The fourth-order valence-electron chi connectivity index (χ4n) is 3.36. The first-order valence-electron chi connectivity index (χ1n) is 5.42. The van der Waals surface area contributed by atoms with Crippen LogP contribution in [0.4, 0.5) is 0 Å². The van der Waals surface area contributed by atoms with E-state index in [2.05, 4.69) is 50.3 Å². The van der Waals surface area contributed by atoms with Gasteiger partial charge >= 0.3 is 0 Å². The van der Waals surface area contributed by atoms with Gasteiger partial charge in [0.15, 0.2) is 0 Å². The van der Waals surface area contributed by atoms with Crippen molar-refractivity contribution in [3.8, 4) is 0 Å². The molecular formula is C12H21I. The lowest BCUT2D eigenvalue weighted by Gasteiger charge is -2.18. The van der Waals surface area contributed by atoms with E-state index < -0.39 is 0 Å². The third kappa shape index (κ3) is 1.37. The molecule has 2 saturated carbocycles. The minimum Gasteiger partial charge on any atom is -0.0864 e. The Hall–Kier alpha value is 0.730. The van der Waals surface area contributed by atoms with Crippen molar-refractivity contribution in [1.82, 2.24) is 0 Å². The molecule has 0 aromatic rings. The predicted molar refractivity (Wildman–Crippen MR) is 66.2 cm³/mol. The molecule has 0 spiro atoms. The van der Waals surface area contributed by atoms with E-state index in [0.29, 0.717) is 16.2 Å². The minimum absolute atomic E-state index is 0.640. The standard InChI is InChI=1S/C12H21I/c1-10(2)8-12(10,4)9-7-11(9,3)5-6-13/h9H,5-8H2,1-4H3/t9?,11-,12?/m1/s1. The first-order valence-corrected chi connectivity index (χ1v) is 6.94. The number of halogens is 1. The second-order valence-corrected chi connectivity index (χ2v) is 7.41. The summed E-state index contributed by atoms with van der Waals surface area (Å²) < 4.78 is 1.33. The van der Waals surface area contributed by atoms with Crippen LogP contribution in [0.25, 0.3) is 0 Å². The van der Waals surface area contributed by atoms with Crippen molar-refractivity contribution in [1.29, 1.82) is 0 Å². The zero-order valence-electron chi connectivity index (χ0n) is 9.28. The van der Waals surface area contributed by atoms with Gasteiger partial charge in [0, 0.05) is 4.43 Å². The van der Waals surface area contributed by atoms with E-state index in [1.54, 1.807) is 0 Å². The van der Waals surface area contributed by atoms with Gasteiger partial charge in [-0.15, -0.1) is 0 Å². The van der Waals surface area contributed by atoms with Crippen molar-refractivity contribution >= 4 is 22.6 Å². The lowest BCUT2D eigenvalue weighted by atomic mass is 9.87. The van der Waals surface area contributed by atoms with Crippen molar-refractivity contribution in [2.45, 2.75) is 47.0 Å². The van der Waals surface area contributed by atoms with Gasteiger partial charge in [0.05, 0.1) is 0 Å². The lowest BCUT2D eigenvalue weighted by Crippen LogP contribution is -2.12. The molecule has 2 aliphatic carbocycles. The highest BCUT2D eigenvalue weighted by Gasteiger charge is 2.70. The third-order valence-corrected chi connectivity index (χ3v) is 5.56. The van der Waals surface area contributed by atoms with Gasteiger partial charge < -0.3 is 0 Å². The van der Waals surface area contributed by atoms with Crippen LogP contribution in [0, 0.1) is 22.2 Å². The molecule has 0 nitrogen and oxygen atoms in total. The fraction of sp³-hybridized carbons (Fsp3) is 1.00. The number of alkyl halides is 1. The van der Waals surface area contributed by atoms with Gasteiger partial charge in [-0.05, 0) is 41.4 Å². The SMILES string of the molecule is CC1(C)CC1(C)C1C[C@@]1(C)CCI. The van der Waals surface area contributed by atoms with Crippen LogP contribution < -0.4 is 0 Å². The van der Waals surface area contributed by atoms with Crippen LogP contribution in [-0.4, -0.2) is 4.43 Å². The lowest BCUT2D eigenvalue weighted by molar-refractivity contribution is 0.309. The van der Waals surface area contributed by atoms with Gasteiger partial charge in [-0.2, -0.15) is 0 Å². The Morgan fingerprint density at radius 1 is 1.23 bits per heavy atom. The summed E-state index contributed by atoms with van der Waals surface area (Å²) in [5.74, 6) is 1.03. The van der Waals surface area contributed by atoms with Gasteiger partial charge in [0.25, 0.3) is 0 Å². The van der Waals surface area contributed by atoms with Gasteiger partial charge in [0.2, 0.25) is 0 Å². The smallest absolute Gasteiger partial charge is 0.0000562 e. The van der Waals surface area contributed by atoms with Gasteiger partial charge in [-0.25, -0.2) is 0 Å². The Labute approximate surface area is 96.0 Å². The van der Waals surface area contributed by atoms with E-state index in [0.717, 1.165) is 5.92 Å². The molecule has 0 aromatic heterocycles. The molecule has 0 heterocycles. The molecule has 1 heteroatoms. The van der Waals surface area contributed by atoms with Gasteiger partial charge in [0.1, 0.15) is 0 Å². The van der Waals surface area contributed by atoms with Crippen molar-refractivity contribution in [3.63, 3.8) is 0 Å². The van der Waals surface area contributed by atoms with Crippen molar-refractivity contribution in [2.24, 2.45) is 22.2 Å². The van der Waals surface area contributed by atoms with E-state index in [9.17, 15) is 0 Å². The summed E-state index contributed by atoms with van der Waals surface area (Å²) in [7, 11) is 0. The zero-order valence-corrected chi connectivity index (χ0v) is 11.4. The molecule has 0 N–H and O–H groups in total. The molecule has 0 saturated heterocycles. The monoisotopic (exact) mass is 292 g/mol. The summed E-state index contributed by atoms with van der Waals surface area (Å²) in [6.45, 7) is 9.89. The molecule has 0 aromatic carbocycles. The van der Waals surface area contributed by atoms with Crippen LogP contribution in [0.1, 0.15) is 47.0 Å². The number of rotatable bonds is 3. The van der Waals surface area contributed by atoms with Crippen LogP contribution in [-0.2, 0) is 0 Å².